The molecule has 0 unspecified atom stereocenters. The van der Waals surface area contributed by atoms with Crippen LogP contribution in [0.1, 0.15) is 37.5 Å². The van der Waals surface area contributed by atoms with Crippen LogP contribution >= 0.6 is 15.9 Å². The zero-order valence-corrected chi connectivity index (χ0v) is 11.8. The maximum atomic E-state index is 3.40. The van der Waals surface area contributed by atoms with Gasteiger partial charge in [0, 0.05) is 5.69 Å². The van der Waals surface area contributed by atoms with Gasteiger partial charge in [-0.3, -0.25) is 0 Å². The number of aryl methyl sites for hydroxylation is 2. The van der Waals surface area contributed by atoms with Gasteiger partial charge in [-0.25, -0.2) is 0 Å². The maximum Gasteiger partial charge on any atom is 0.0707 e. The van der Waals surface area contributed by atoms with E-state index in [0.29, 0.717) is 0 Å². The van der Waals surface area contributed by atoms with E-state index in [2.05, 4.69) is 68.0 Å². The summed E-state index contributed by atoms with van der Waals surface area (Å²) in [5.41, 5.74) is 6.31. The average molecular weight is 270 g/mol. The minimum atomic E-state index is 0.225. The highest BCUT2D eigenvalue weighted by atomic mass is 79.9. The molecular weight excluding hydrogens is 250 g/mol. The van der Waals surface area contributed by atoms with Crippen molar-refractivity contribution in [3.05, 3.63) is 28.8 Å². The van der Waals surface area contributed by atoms with Gasteiger partial charge in [-0.15, -0.1) is 0 Å². The summed E-state index contributed by atoms with van der Waals surface area (Å²) in [7, 11) is 0. The van der Waals surface area contributed by atoms with E-state index >= 15 is 0 Å². The quantitative estimate of drug-likeness (QED) is 0.621. The van der Waals surface area contributed by atoms with E-state index in [0.717, 1.165) is 5.45 Å². The van der Waals surface area contributed by atoms with Crippen LogP contribution < -0.4 is 5.32 Å². The Hall–Kier alpha value is -0.500. The van der Waals surface area contributed by atoms with Gasteiger partial charge in [0.1, 0.15) is 0 Å². The molecule has 0 aliphatic rings. The summed E-state index contributed by atoms with van der Waals surface area (Å²) in [6, 6.07) is 4.55. The summed E-state index contributed by atoms with van der Waals surface area (Å²) in [5, 5.41) is 3.34. The summed E-state index contributed by atoms with van der Waals surface area (Å²) in [5.74, 6) is 0. The first-order valence-corrected chi connectivity index (χ1v) is 6.40. The number of benzene rings is 1. The van der Waals surface area contributed by atoms with Crippen molar-refractivity contribution in [1.29, 1.82) is 0 Å². The number of anilines is 1. The van der Waals surface area contributed by atoms with Crippen LogP contribution in [0.15, 0.2) is 12.1 Å². The number of hydrogen-bond acceptors (Lipinski definition) is 1. The van der Waals surface area contributed by atoms with E-state index in [1.165, 1.54) is 22.4 Å². The average Bonchev–Trinajstić information content (AvgIpc) is 2.09. The van der Waals surface area contributed by atoms with Crippen LogP contribution in [-0.2, 0) is 5.41 Å². The number of alkyl halides is 1. The minimum absolute atomic E-state index is 0.225. The van der Waals surface area contributed by atoms with Gasteiger partial charge in [0.25, 0.3) is 0 Å². The maximum absolute atomic E-state index is 3.40. The summed E-state index contributed by atoms with van der Waals surface area (Å²) in [4.78, 5) is 0. The molecule has 0 atom stereocenters. The summed E-state index contributed by atoms with van der Waals surface area (Å²) < 4.78 is 0. The molecule has 1 aromatic carbocycles. The van der Waals surface area contributed by atoms with Crippen LogP contribution in [-0.4, -0.2) is 5.45 Å². The fourth-order valence-corrected chi connectivity index (χ4v) is 2.02. The van der Waals surface area contributed by atoms with Gasteiger partial charge in [0.15, 0.2) is 0 Å². The Morgan fingerprint density at radius 3 is 1.93 bits per heavy atom. The summed E-state index contributed by atoms with van der Waals surface area (Å²) in [6.07, 6.45) is 0. The van der Waals surface area contributed by atoms with E-state index in [1.54, 1.807) is 0 Å². The van der Waals surface area contributed by atoms with Crippen molar-refractivity contribution in [2.24, 2.45) is 0 Å². The Bertz CT molecular complexity index is 327. The molecule has 0 saturated heterocycles. The zero-order chi connectivity index (χ0) is 11.6. The molecule has 1 nitrogen and oxygen atoms in total. The number of hydrogen-bond donors (Lipinski definition) is 1. The molecular formula is C13H20BrN. The lowest BCUT2D eigenvalue weighted by Crippen LogP contribution is -2.12. The van der Waals surface area contributed by atoms with Gasteiger partial charge < -0.3 is 5.32 Å². The van der Waals surface area contributed by atoms with Crippen molar-refractivity contribution in [3.63, 3.8) is 0 Å². The third-order valence-corrected chi connectivity index (χ3v) is 2.92. The largest absolute Gasteiger partial charge is 0.375 e. The van der Waals surface area contributed by atoms with E-state index in [-0.39, 0.29) is 5.41 Å². The molecule has 0 heterocycles. The molecule has 2 heteroatoms. The van der Waals surface area contributed by atoms with Crippen molar-refractivity contribution in [2.75, 3.05) is 10.8 Å². The molecule has 0 aliphatic carbocycles. The SMILES string of the molecule is Cc1cc(C(C)(C)C)cc(C)c1NCBr. The molecule has 0 radical (unpaired) electrons. The first-order chi connectivity index (χ1) is 6.86. The lowest BCUT2D eigenvalue weighted by Gasteiger charge is -2.22. The van der Waals surface area contributed by atoms with Crippen LogP contribution in [0.25, 0.3) is 0 Å². The van der Waals surface area contributed by atoms with Crippen LogP contribution in [0.2, 0.25) is 0 Å². The second-order valence-corrected chi connectivity index (χ2v) is 5.61. The van der Waals surface area contributed by atoms with Gasteiger partial charge in [-0.2, -0.15) is 0 Å². The minimum Gasteiger partial charge on any atom is -0.375 e. The highest BCUT2D eigenvalue weighted by Gasteiger charge is 2.15. The second kappa shape index (κ2) is 4.56. The number of halogens is 1. The number of nitrogens with one attached hydrogen (secondary N) is 1. The molecule has 0 amide bonds. The molecule has 15 heavy (non-hydrogen) atoms. The molecule has 1 N–H and O–H groups in total. The first kappa shape index (κ1) is 12.6. The fourth-order valence-electron chi connectivity index (χ4n) is 1.74. The van der Waals surface area contributed by atoms with Crippen molar-refractivity contribution < 1.29 is 0 Å². The molecule has 1 aromatic rings. The van der Waals surface area contributed by atoms with E-state index in [1.807, 2.05) is 0 Å². The predicted octanol–water partition coefficient (Wildman–Crippen LogP) is 4.37. The van der Waals surface area contributed by atoms with E-state index in [9.17, 15) is 0 Å². The third-order valence-electron chi connectivity index (χ3n) is 2.64. The summed E-state index contributed by atoms with van der Waals surface area (Å²) >= 11 is 3.40. The second-order valence-electron chi connectivity index (χ2n) is 5.05. The Balaban J connectivity index is 3.19. The predicted molar refractivity (Wildman–Crippen MR) is 72.0 cm³/mol. The Kier molecular flexibility index (Phi) is 3.82. The van der Waals surface area contributed by atoms with Gasteiger partial charge in [-0.05, 0) is 36.0 Å². The van der Waals surface area contributed by atoms with Crippen molar-refractivity contribution in [1.82, 2.24) is 0 Å². The molecule has 0 fully saturated rings. The van der Waals surface area contributed by atoms with Crippen molar-refractivity contribution in [3.8, 4) is 0 Å². The molecule has 84 valence electrons. The lowest BCUT2D eigenvalue weighted by atomic mass is 9.85. The standard InChI is InChI=1S/C13H20BrN/c1-9-6-11(13(3,4)5)7-10(2)12(9)15-8-14/h6-7,15H,8H2,1-5H3. The zero-order valence-electron chi connectivity index (χ0n) is 10.2. The van der Waals surface area contributed by atoms with E-state index in [4.69, 9.17) is 0 Å². The first-order valence-electron chi connectivity index (χ1n) is 5.28. The Morgan fingerprint density at radius 2 is 1.60 bits per heavy atom. The van der Waals surface area contributed by atoms with Crippen LogP contribution in [0.5, 0.6) is 0 Å². The summed E-state index contributed by atoms with van der Waals surface area (Å²) in [6.45, 7) is 11.1. The highest BCUT2D eigenvalue weighted by Crippen LogP contribution is 2.29. The molecule has 0 spiro atoms. The smallest absolute Gasteiger partial charge is 0.0707 e. The highest BCUT2D eigenvalue weighted by molar-refractivity contribution is 9.09. The van der Waals surface area contributed by atoms with Gasteiger partial charge >= 0.3 is 0 Å². The molecule has 0 saturated carbocycles. The van der Waals surface area contributed by atoms with Crippen LogP contribution in [0, 0.1) is 13.8 Å². The molecule has 0 bridgehead atoms. The normalized spacial score (nSPS) is 11.6. The van der Waals surface area contributed by atoms with Gasteiger partial charge in [0.2, 0.25) is 0 Å². The topological polar surface area (TPSA) is 12.0 Å². The van der Waals surface area contributed by atoms with Crippen molar-refractivity contribution >= 4 is 21.6 Å². The Labute approximate surface area is 101 Å². The lowest BCUT2D eigenvalue weighted by molar-refractivity contribution is 0.589. The third kappa shape index (κ3) is 2.97. The molecule has 0 aromatic heterocycles. The molecule has 0 aliphatic heterocycles. The van der Waals surface area contributed by atoms with Crippen LogP contribution in [0.4, 0.5) is 5.69 Å². The fraction of sp³-hybridized carbons (Fsp3) is 0.538. The van der Waals surface area contributed by atoms with Gasteiger partial charge in [-0.1, -0.05) is 48.8 Å². The number of rotatable bonds is 2. The van der Waals surface area contributed by atoms with Gasteiger partial charge in [0.05, 0.1) is 5.45 Å². The van der Waals surface area contributed by atoms with E-state index < -0.39 is 0 Å². The molecule has 1 rings (SSSR count). The monoisotopic (exact) mass is 269 g/mol. The Morgan fingerprint density at radius 1 is 1.13 bits per heavy atom. The van der Waals surface area contributed by atoms with Crippen molar-refractivity contribution in [2.45, 2.75) is 40.0 Å². The van der Waals surface area contributed by atoms with Crippen LogP contribution in [0.3, 0.4) is 0 Å².